The highest BCUT2D eigenvalue weighted by molar-refractivity contribution is 5.98. The normalized spacial score (nSPS) is 21.4. The molecular weight excluding hydrogens is 286 g/mol. The van der Waals surface area contributed by atoms with Crippen molar-refractivity contribution in [2.75, 3.05) is 27.2 Å². The number of likely N-dealkylation sites (N-methyl/N-ethyl adjacent to an activating group) is 1. The highest BCUT2D eigenvalue weighted by Gasteiger charge is 2.34. The summed E-state index contributed by atoms with van der Waals surface area (Å²) in [6.45, 7) is 7.80. The van der Waals surface area contributed by atoms with Gasteiger partial charge in [-0.1, -0.05) is 19.1 Å². The topological polar surface area (TPSA) is 36.4 Å². The summed E-state index contributed by atoms with van der Waals surface area (Å²) in [6, 6.07) is 8.59. The van der Waals surface area contributed by atoms with Crippen LogP contribution < -0.4 is 0 Å². The summed E-state index contributed by atoms with van der Waals surface area (Å²) in [5.74, 6) is 0.596. The van der Waals surface area contributed by atoms with E-state index in [1.54, 1.807) is 0 Å². The first-order chi connectivity index (χ1) is 10.9. The largest absolute Gasteiger partial charge is 0.337 e. The van der Waals surface area contributed by atoms with Crippen LogP contribution in [0.25, 0.3) is 10.9 Å². The fraction of sp³-hybridized carbons (Fsp3) is 0.474. The summed E-state index contributed by atoms with van der Waals surface area (Å²) < 4.78 is 0. The standard InChI is InChI=1S/C19H25N3O/c1-12-6-7-15-9-16(14(3)20-17(15)8-12)19(23)22-10-13(2)18(11-22)21(4)5/h6-9,13,18H,10-11H2,1-5H3/t13-,18+/m1/s1. The average molecular weight is 311 g/mol. The van der Waals surface area contributed by atoms with Crippen LogP contribution >= 0.6 is 0 Å². The van der Waals surface area contributed by atoms with Gasteiger partial charge in [0.15, 0.2) is 0 Å². The van der Waals surface area contributed by atoms with E-state index in [1.807, 2.05) is 24.0 Å². The molecule has 1 aliphatic heterocycles. The van der Waals surface area contributed by atoms with Crippen LogP contribution in [0.1, 0.15) is 28.5 Å². The summed E-state index contributed by atoms with van der Waals surface area (Å²) >= 11 is 0. The maximum Gasteiger partial charge on any atom is 0.255 e. The molecule has 3 rings (SSSR count). The Morgan fingerprint density at radius 2 is 1.96 bits per heavy atom. The van der Waals surface area contributed by atoms with Crippen LogP contribution in [-0.2, 0) is 0 Å². The highest BCUT2D eigenvalue weighted by atomic mass is 16.2. The lowest BCUT2D eigenvalue weighted by Crippen LogP contribution is -2.36. The van der Waals surface area contributed by atoms with Crippen LogP contribution in [0.4, 0.5) is 0 Å². The molecule has 2 heterocycles. The molecule has 1 amide bonds. The van der Waals surface area contributed by atoms with E-state index in [-0.39, 0.29) is 5.91 Å². The fourth-order valence-electron chi connectivity index (χ4n) is 3.55. The first kappa shape index (κ1) is 15.9. The number of amides is 1. The molecule has 1 aliphatic rings. The Balaban J connectivity index is 1.92. The first-order valence-electron chi connectivity index (χ1n) is 8.20. The predicted octanol–water partition coefficient (Wildman–Crippen LogP) is 2.87. The second-order valence-electron chi connectivity index (χ2n) is 7.04. The van der Waals surface area contributed by atoms with Gasteiger partial charge in [0.1, 0.15) is 0 Å². The molecule has 0 N–H and O–H groups in total. The molecule has 1 fully saturated rings. The molecular formula is C19H25N3O. The van der Waals surface area contributed by atoms with Crippen LogP contribution in [0.3, 0.4) is 0 Å². The number of rotatable bonds is 2. The van der Waals surface area contributed by atoms with Crippen LogP contribution in [0.5, 0.6) is 0 Å². The molecule has 1 saturated heterocycles. The minimum Gasteiger partial charge on any atom is -0.337 e. The van der Waals surface area contributed by atoms with Gasteiger partial charge in [0.25, 0.3) is 5.91 Å². The number of carbonyl (C=O) groups excluding carboxylic acids is 1. The van der Waals surface area contributed by atoms with E-state index in [0.717, 1.165) is 35.2 Å². The van der Waals surface area contributed by atoms with Gasteiger partial charge in [-0.25, -0.2) is 0 Å². The number of aromatic nitrogens is 1. The highest BCUT2D eigenvalue weighted by Crippen LogP contribution is 2.24. The van der Waals surface area contributed by atoms with Gasteiger partial charge >= 0.3 is 0 Å². The minimum atomic E-state index is 0.105. The van der Waals surface area contributed by atoms with Crippen molar-refractivity contribution in [2.45, 2.75) is 26.8 Å². The molecule has 1 aromatic heterocycles. The van der Waals surface area contributed by atoms with Crippen LogP contribution in [0, 0.1) is 19.8 Å². The molecule has 0 radical (unpaired) electrons. The second kappa shape index (κ2) is 5.93. The van der Waals surface area contributed by atoms with Crippen molar-refractivity contribution in [1.82, 2.24) is 14.8 Å². The Hall–Kier alpha value is -1.94. The van der Waals surface area contributed by atoms with Crippen molar-refractivity contribution >= 4 is 16.8 Å². The third kappa shape index (κ3) is 2.95. The van der Waals surface area contributed by atoms with Gasteiger partial charge in [-0.15, -0.1) is 0 Å². The Morgan fingerprint density at radius 3 is 2.61 bits per heavy atom. The first-order valence-corrected chi connectivity index (χ1v) is 8.20. The summed E-state index contributed by atoms with van der Waals surface area (Å²) in [4.78, 5) is 21.8. The fourth-order valence-corrected chi connectivity index (χ4v) is 3.55. The van der Waals surface area contributed by atoms with E-state index in [0.29, 0.717) is 12.0 Å². The zero-order chi connectivity index (χ0) is 16.7. The zero-order valence-corrected chi connectivity index (χ0v) is 14.6. The number of likely N-dealkylation sites (tertiary alicyclic amines) is 1. The third-order valence-corrected chi connectivity index (χ3v) is 4.92. The molecule has 23 heavy (non-hydrogen) atoms. The molecule has 122 valence electrons. The molecule has 4 heteroatoms. The lowest BCUT2D eigenvalue weighted by molar-refractivity contribution is 0.0780. The Bertz CT molecular complexity index is 754. The Morgan fingerprint density at radius 1 is 1.22 bits per heavy atom. The summed E-state index contributed by atoms with van der Waals surface area (Å²) in [5, 5.41) is 1.03. The maximum absolute atomic E-state index is 13.0. The number of fused-ring (bicyclic) bond motifs is 1. The van der Waals surface area contributed by atoms with Crippen LogP contribution in [-0.4, -0.2) is 53.9 Å². The number of hydrogen-bond donors (Lipinski definition) is 0. The Labute approximate surface area is 138 Å². The number of hydrogen-bond acceptors (Lipinski definition) is 3. The van der Waals surface area contributed by atoms with Crippen molar-refractivity contribution in [3.05, 3.63) is 41.1 Å². The molecule has 0 spiro atoms. The third-order valence-electron chi connectivity index (χ3n) is 4.92. The number of benzene rings is 1. The van der Waals surface area contributed by atoms with E-state index in [4.69, 9.17) is 0 Å². The molecule has 1 aromatic carbocycles. The van der Waals surface area contributed by atoms with Gasteiger partial charge in [0.2, 0.25) is 0 Å². The van der Waals surface area contributed by atoms with Crippen LogP contribution in [0.15, 0.2) is 24.3 Å². The number of pyridine rings is 1. The van der Waals surface area contributed by atoms with E-state index in [1.165, 1.54) is 5.56 Å². The minimum absolute atomic E-state index is 0.105. The van der Waals surface area contributed by atoms with E-state index in [2.05, 4.69) is 50.0 Å². The quantitative estimate of drug-likeness (QED) is 0.855. The monoisotopic (exact) mass is 311 g/mol. The molecule has 0 bridgehead atoms. The molecule has 0 saturated carbocycles. The van der Waals surface area contributed by atoms with Crippen LogP contribution in [0.2, 0.25) is 0 Å². The molecule has 2 aromatic rings. The van der Waals surface area contributed by atoms with Gasteiger partial charge in [-0.2, -0.15) is 0 Å². The molecule has 4 nitrogen and oxygen atoms in total. The SMILES string of the molecule is Cc1ccc2cc(C(=O)N3C[C@@H](C)[C@@H](N(C)C)C3)c(C)nc2c1. The average Bonchev–Trinajstić information content (AvgIpc) is 2.88. The van der Waals surface area contributed by atoms with Crippen molar-refractivity contribution < 1.29 is 4.79 Å². The molecule has 2 atom stereocenters. The van der Waals surface area contributed by atoms with Gasteiger partial charge in [-0.05, 0) is 51.6 Å². The second-order valence-corrected chi connectivity index (χ2v) is 7.04. The maximum atomic E-state index is 13.0. The number of aryl methyl sites for hydroxylation is 2. The lowest BCUT2D eigenvalue weighted by atomic mass is 10.1. The lowest BCUT2D eigenvalue weighted by Gasteiger charge is -2.22. The van der Waals surface area contributed by atoms with Crippen molar-refractivity contribution in [3.8, 4) is 0 Å². The van der Waals surface area contributed by atoms with Gasteiger partial charge in [-0.3, -0.25) is 9.78 Å². The van der Waals surface area contributed by atoms with E-state index < -0.39 is 0 Å². The molecule has 0 aliphatic carbocycles. The predicted molar refractivity (Wildman–Crippen MR) is 93.8 cm³/mol. The number of nitrogens with zero attached hydrogens (tertiary/aromatic N) is 3. The van der Waals surface area contributed by atoms with Crippen molar-refractivity contribution in [2.24, 2.45) is 5.92 Å². The molecule has 0 unspecified atom stereocenters. The van der Waals surface area contributed by atoms with Crippen molar-refractivity contribution in [3.63, 3.8) is 0 Å². The summed E-state index contributed by atoms with van der Waals surface area (Å²) in [5.41, 5.74) is 3.69. The Kier molecular flexibility index (Phi) is 4.11. The van der Waals surface area contributed by atoms with E-state index in [9.17, 15) is 4.79 Å². The summed E-state index contributed by atoms with van der Waals surface area (Å²) in [7, 11) is 4.17. The van der Waals surface area contributed by atoms with Gasteiger partial charge in [0.05, 0.1) is 16.8 Å². The summed E-state index contributed by atoms with van der Waals surface area (Å²) in [6.07, 6.45) is 0. The zero-order valence-electron chi connectivity index (χ0n) is 14.6. The van der Waals surface area contributed by atoms with Gasteiger partial charge < -0.3 is 9.80 Å². The smallest absolute Gasteiger partial charge is 0.255 e. The van der Waals surface area contributed by atoms with Gasteiger partial charge in [0, 0.05) is 24.5 Å². The van der Waals surface area contributed by atoms with E-state index >= 15 is 0 Å². The van der Waals surface area contributed by atoms with Crippen molar-refractivity contribution in [1.29, 1.82) is 0 Å². The number of carbonyl (C=O) groups is 1.